The number of pyridine rings is 2. The molecule has 38 heavy (non-hydrogen) atoms. The molecule has 5 aromatic rings. The summed E-state index contributed by atoms with van der Waals surface area (Å²) in [6.45, 7) is 6.10. The number of rotatable bonds is 4. The molecule has 8 heteroatoms. The lowest BCUT2D eigenvalue weighted by Crippen LogP contribution is -2.41. The van der Waals surface area contributed by atoms with E-state index in [4.69, 9.17) is 4.74 Å². The van der Waals surface area contributed by atoms with E-state index in [2.05, 4.69) is 32.3 Å². The highest BCUT2D eigenvalue weighted by molar-refractivity contribution is 6.11. The largest absolute Gasteiger partial charge is 0.378 e. The van der Waals surface area contributed by atoms with Crippen molar-refractivity contribution in [2.45, 2.75) is 19.3 Å². The maximum atomic E-state index is 12.8. The summed E-state index contributed by atoms with van der Waals surface area (Å²) in [6.07, 6.45) is 3.54. The molecule has 1 aliphatic heterocycles. The predicted octanol–water partition coefficient (Wildman–Crippen LogP) is 5.11. The van der Waals surface area contributed by atoms with Gasteiger partial charge in [0.2, 0.25) is 0 Å². The van der Waals surface area contributed by atoms with Crippen molar-refractivity contribution in [2.24, 2.45) is 0 Å². The second kappa shape index (κ2) is 9.36. The van der Waals surface area contributed by atoms with Crippen molar-refractivity contribution < 1.29 is 9.53 Å². The maximum absolute atomic E-state index is 12.8. The number of hydrogen-bond donors (Lipinski definition) is 1. The number of aromatic amines is 1. The van der Waals surface area contributed by atoms with Gasteiger partial charge in [-0.1, -0.05) is 36.4 Å². The summed E-state index contributed by atoms with van der Waals surface area (Å²) in [5, 5.41) is 19.2. The second-order valence-electron chi connectivity index (χ2n) is 10.0. The number of morpholine rings is 1. The smallest absolute Gasteiger partial charge is 0.272 e. The van der Waals surface area contributed by atoms with Crippen LogP contribution in [0.3, 0.4) is 0 Å². The van der Waals surface area contributed by atoms with Crippen LogP contribution in [0.5, 0.6) is 0 Å². The SMILES string of the molecule is CC(C)(C#N)c1ccc(-c2n[nH]c3cnc4ccc(-c5ccc(C(=O)N6CCOCC6)nc5)cc4c23)cc1. The van der Waals surface area contributed by atoms with E-state index in [1.54, 1.807) is 23.4 Å². The summed E-state index contributed by atoms with van der Waals surface area (Å²) in [5.41, 5.74) is 6.21. The van der Waals surface area contributed by atoms with Crippen molar-refractivity contribution >= 4 is 27.7 Å². The molecule has 1 aliphatic rings. The van der Waals surface area contributed by atoms with Gasteiger partial charge < -0.3 is 9.64 Å². The van der Waals surface area contributed by atoms with Gasteiger partial charge in [-0.25, -0.2) is 0 Å². The van der Waals surface area contributed by atoms with Gasteiger partial charge in [0.1, 0.15) is 11.4 Å². The molecule has 4 heterocycles. The Kier molecular flexibility index (Phi) is 5.86. The van der Waals surface area contributed by atoms with E-state index in [9.17, 15) is 10.1 Å². The molecular formula is C30H26N6O2. The average molecular weight is 503 g/mol. The number of aromatic nitrogens is 4. The van der Waals surface area contributed by atoms with Crippen molar-refractivity contribution in [1.82, 2.24) is 25.1 Å². The molecular weight excluding hydrogens is 476 g/mol. The molecule has 3 aromatic heterocycles. The molecule has 8 nitrogen and oxygen atoms in total. The highest BCUT2D eigenvalue weighted by Crippen LogP contribution is 2.35. The van der Waals surface area contributed by atoms with Crippen LogP contribution in [0.1, 0.15) is 29.9 Å². The number of benzene rings is 2. The first-order chi connectivity index (χ1) is 18.4. The van der Waals surface area contributed by atoms with E-state index in [0.717, 1.165) is 49.8 Å². The first-order valence-electron chi connectivity index (χ1n) is 12.6. The number of nitrogens with one attached hydrogen (secondary N) is 1. The number of carbonyl (C=O) groups excluding carboxylic acids is 1. The zero-order valence-electron chi connectivity index (χ0n) is 21.2. The topological polar surface area (TPSA) is 108 Å². The molecule has 1 N–H and O–H groups in total. The Bertz CT molecular complexity index is 1690. The number of nitrogens with zero attached hydrogens (tertiary/aromatic N) is 5. The highest BCUT2D eigenvalue weighted by Gasteiger charge is 2.21. The average Bonchev–Trinajstić information content (AvgIpc) is 3.42. The fourth-order valence-corrected chi connectivity index (χ4v) is 4.82. The molecule has 0 atom stereocenters. The van der Waals surface area contributed by atoms with Crippen molar-refractivity contribution in [3.05, 3.63) is 78.2 Å². The van der Waals surface area contributed by atoms with Gasteiger partial charge in [0.05, 0.1) is 41.9 Å². The van der Waals surface area contributed by atoms with Gasteiger partial charge in [0, 0.05) is 41.2 Å². The van der Waals surface area contributed by atoms with E-state index < -0.39 is 5.41 Å². The Morgan fingerprint density at radius 2 is 1.71 bits per heavy atom. The number of carbonyl (C=O) groups is 1. The summed E-state index contributed by atoms with van der Waals surface area (Å²) in [6, 6.07) is 20.2. The van der Waals surface area contributed by atoms with Gasteiger partial charge in [-0.2, -0.15) is 10.4 Å². The summed E-state index contributed by atoms with van der Waals surface area (Å²) in [5.74, 6) is -0.0727. The lowest BCUT2D eigenvalue weighted by atomic mass is 9.86. The molecule has 0 bridgehead atoms. The molecule has 6 rings (SSSR count). The lowest BCUT2D eigenvalue weighted by molar-refractivity contribution is 0.0299. The van der Waals surface area contributed by atoms with Crippen molar-refractivity contribution in [1.29, 1.82) is 5.26 Å². The molecule has 0 unspecified atom stereocenters. The number of ether oxygens (including phenoxy) is 1. The van der Waals surface area contributed by atoms with Crippen LogP contribution in [0.4, 0.5) is 0 Å². The molecule has 1 saturated heterocycles. The van der Waals surface area contributed by atoms with E-state index >= 15 is 0 Å². The molecule has 0 spiro atoms. The number of hydrogen-bond acceptors (Lipinski definition) is 6. The fourth-order valence-electron chi connectivity index (χ4n) is 4.82. The zero-order valence-corrected chi connectivity index (χ0v) is 21.2. The Hall–Kier alpha value is -4.61. The van der Waals surface area contributed by atoms with Crippen LogP contribution < -0.4 is 0 Å². The fraction of sp³-hybridized carbons (Fsp3) is 0.233. The quantitative estimate of drug-likeness (QED) is 0.366. The van der Waals surface area contributed by atoms with Crippen molar-refractivity contribution in [3.8, 4) is 28.5 Å². The standard InChI is InChI=1S/C30H26N6O2/c1-30(2,18-31)22-7-3-19(4-8-22)28-27-23-15-20(5-9-24(23)33-17-26(27)34-35-28)21-6-10-25(32-16-21)29(37)36-11-13-38-14-12-36/h3-10,15-17H,11-14H2,1-2H3,(H,34,35). The van der Waals surface area contributed by atoms with E-state index in [-0.39, 0.29) is 5.91 Å². The second-order valence-corrected chi connectivity index (χ2v) is 10.0. The summed E-state index contributed by atoms with van der Waals surface area (Å²) in [7, 11) is 0. The lowest BCUT2D eigenvalue weighted by Gasteiger charge is -2.26. The molecule has 0 aliphatic carbocycles. The Morgan fingerprint density at radius 1 is 0.974 bits per heavy atom. The molecule has 2 aromatic carbocycles. The van der Waals surface area contributed by atoms with Crippen LogP contribution in [-0.4, -0.2) is 57.3 Å². The van der Waals surface area contributed by atoms with Crippen LogP contribution in [0.25, 0.3) is 44.2 Å². The third kappa shape index (κ3) is 4.17. The first-order valence-corrected chi connectivity index (χ1v) is 12.6. The minimum absolute atomic E-state index is 0.0727. The third-order valence-electron chi connectivity index (χ3n) is 7.17. The first kappa shape index (κ1) is 23.8. The van der Waals surface area contributed by atoms with Gasteiger partial charge >= 0.3 is 0 Å². The Morgan fingerprint density at radius 3 is 2.42 bits per heavy atom. The summed E-state index contributed by atoms with van der Waals surface area (Å²) >= 11 is 0. The van der Waals surface area contributed by atoms with E-state index in [1.165, 1.54) is 0 Å². The van der Waals surface area contributed by atoms with Gasteiger partial charge in [-0.3, -0.25) is 19.9 Å². The Labute approximate surface area is 219 Å². The summed E-state index contributed by atoms with van der Waals surface area (Å²) < 4.78 is 5.34. The van der Waals surface area contributed by atoms with Gasteiger partial charge in [-0.15, -0.1) is 0 Å². The minimum Gasteiger partial charge on any atom is -0.378 e. The monoisotopic (exact) mass is 502 g/mol. The molecule has 0 radical (unpaired) electrons. The summed E-state index contributed by atoms with van der Waals surface area (Å²) in [4.78, 5) is 23.6. The predicted molar refractivity (Wildman–Crippen MR) is 145 cm³/mol. The van der Waals surface area contributed by atoms with Crippen molar-refractivity contribution in [2.75, 3.05) is 26.3 Å². The van der Waals surface area contributed by atoms with Crippen LogP contribution >= 0.6 is 0 Å². The van der Waals surface area contributed by atoms with Crippen LogP contribution in [0.2, 0.25) is 0 Å². The number of H-pyrrole nitrogens is 1. The molecule has 1 amide bonds. The van der Waals surface area contributed by atoms with Gasteiger partial charge in [-0.05, 0) is 43.2 Å². The van der Waals surface area contributed by atoms with E-state index in [0.29, 0.717) is 32.0 Å². The maximum Gasteiger partial charge on any atom is 0.272 e. The third-order valence-corrected chi connectivity index (χ3v) is 7.17. The molecule has 188 valence electrons. The van der Waals surface area contributed by atoms with Crippen molar-refractivity contribution in [3.63, 3.8) is 0 Å². The number of nitriles is 1. The van der Waals surface area contributed by atoms with Crippen LogP contribution in [0.15, 0.2) is 67.0 Å². The zero-order chi connectivity index (χ0) is 26.3. The van der Waals surface area contributed by atoms with E-state index in [1.807, 2.05) is 56.3 Å². The highest BCUT2D eigenvalue weighted by atomic mass is 16.5. The van der Waals surface area contributed by atoms with Gasteiger partial charge in [0.25, 0.3) is 5.91 Å². The minimum atomic E-state index is -0.561. The Balaban J connectivity index is 1.37. The number of amides is 1. The van der Waals surface area contributed by atoms with Gasteiger partial charge in [0.15, 0.2) is 0 Å². The normalized spacial score (nSPS) is 14.1. The molecule has 0 saturated carbocycles. The number of fused-ring (bicyclic) bond motifs is 3. The van der Waals surface area contributed by atoms with Crippen LogP contribution in [-0.2, 0) is 10.2 Å². The molecule has 1 fully saturated rings. The van der Waals surface area contributed by atoms with Crippen LogP contribution in [0, 0.1) is 11.3 Å².